The van der Waals surface area contributed by atoms with E-state index in [9.17, 15) is 4.79 Å². The molecule has 1 fully saturated rings. The van der Waals surface area contributed by atoms with Crippen LogP contribution in [0.5, 0.6) is 0 Å². The fourth-order valence-electron chi connectivity index (χ4n) is 1.91. The highest BCUT2D eigenvalue weighted by molar-refractivity contribution is 7.99. The van der Waals surface area contributed by atoms with E-state index in [0.717, 1.165) is 18.2 Å². The van der Waals surface area contributed by atoms with E-state index in [1.54, 1.807) is 0 Å². The summed E-state index contributed by atoms with van der Waals surface area (Å²) in [6.07, 6.45) is 3.50. The molecule has 6 heteroatoms. The van der Waals surface area contributed by atoms with E-state index in [-0.39, 0.29) is 11.3 Å². The lowest BCUT2D eigenvalue weighted by Crippen LogP contribution is -2.25. The molecule has 0 amide bonds. The first-order chi connectivity index (χ1) is 8.38. The molecule has 1 aromatic rings. The van der Waals surface area contributed by atoms with Gasteiger partial charge in [0.15, 0.2) is 5.16 Å². The number of thioether (sulfide) groups is 1. The van der Waals surface area contributed by atoms with Crippen LogP contribution in [0.2, 0.25) is 0 Å². The molecule has 1 aliphatic carbocycles. The second-order valence-corrected chi connectivity index (χ2v) is 6.68. The minimum atomic E-state index is -0.827. The second-order valence-electron chi connectivity index (χ2n) is 5.73. The van der Waals surface area contributed by atoms with Gasteiger partial charge in [0.05, 0.1) is 5.75 Å². The molecule has 0 atom stereocenters. The summed E-state index contributed by atoms with van der Waals surface area (Å²) < 4.78 is 2.08. The van der Waals surface area contributed by atoms with Gasteiger partial charge in [0.25, 0.3) is 0 Å². The lowest BCUT2D eigenvalue weighted by Gasteiger charge is -2.24. The smallest absolute Gasteiger partial charge is 0.313 e. The highest BCUT2D eigenvalue weighted by Gasteiger charge is 2.29. The summed E-state index contributed by atoms with van der Waals surface area (Å²) in [6, 6.07) is 0. The standard InChI is InChI=1S/C12H19N3O2S/c1-12(2,3)15-9(6-8-4-5-8)13-14-11(15)18-7-10(16)17/h8H,4-7H2,1-3H3,(H,16,17). The molecule has 0 radical (unpaired) electrons. The number of aliphatic carboxylic acids is 1. The molecule has 18 heavy (non-hydrogen) atoms. The zero-order valence-electron chi connectivity index (χ0n) is 11.0. The Morgan fingerprint density at radius 2 is 2.11 bits per heavy atom. The van der Waals surface area contributed by atoms with Gasteiger partial charge in [-0.15, -0.1) is 10.2 Å². The van der Waals surface area contributed by atoms with Crippen LogP contribution in [0.3, 0.4) is 0 Å². The van der Waals surface area contributed by atoms with Crippen molar-refractivity contribution in [2.45, 2.75) is 50.7 Å². The van der Waals surface area contributed by atoms with Gasteiger partial charge in [0.2, 0.25) is 0 Å². The maximum Gasteiger partial charge on any atom is 0.313 e. The number of carboxylic acids is 1. The summed E-state index contributed by atoms with van der Waals surface area (Å²) in [4.78, 5) is 10.6. The lowest BCUT2D eigenvalue weighted by atomic mass is 10.1. The van der Waals surface area contributed by atoms with Crippen molar-refractivity contribution < 1.29 is 9.90 Å². The number of carbonyl (C=O) groups is 1. The summed E-state index contributed by atoms with van der Waals surface area (Å²) >= 11 is 1.24. The topological polar surface area (TPSA) is 68.0 Å². The molecule has 2 rings (SSSR count). The van der Waals surface area contributed by atoms with Crippen LogP contribution in [0.1, 0.15) is 39.4 Å². The molecule has 0 unspecified atom stereocenters. The average Bonchev–Trinajstić information content (AvgIpc) is 2.92. The fraction of sp³-hybridized carbons (Fsp3) is 0.750. The van der Waals surface area contributed by atoms with Crippen molar-refractivity contribution in [3.05, 3.63) is 5.82 Å². The van der Waals surface area contributed by atoms with Gasteiger partial charge in [-0.1, -0.05) is 11.8 Å². The largest absolute Gasteiger partial charge is 0.481 e. The summed E-state index contributed by atoms with van der Waals surface area (Å²) in [5.74, 6) is 0.926. The van der Waals surface area contributed by atoms with Gasteiger partial charge >= 0.3 is 5.97 Å². The van der Waals surface area contributed by atoms with E-state index in [0.29, 0.717) is 5.16 Å². The van der Waals surface area contributed by atoms with Crippen LogP contribution >= 0.6 is 11.8 Å². The first-order valence-electron chi connectivity index (χ1n) is 6.17. The molecule has 100 valence electrons. The normalized spacial score (nSPS) is 15.9. The third kappa shape index (κ3) is 3.25. The fourth-order valence-corrected chi connectivity index (χ4v) is 2.77. The van der Waals surface area contributed by atoms with Crippen molar-refractivity contribution in [3.63, 3.8) is 0 Å². The Hall–Kier alpha value is -1.04. The van der Waals surface area contributed by atoms with Crippen LogP contribution < -0.4 is 0 Å². The molecule has 0 saturated heterocycles. The maximum atomic E-state index is 10.6. The number of carboxylic acid groups (broad SMARTS) is 1. The Bertz CT molecular complexity index is 447. The van der Waals surface area contributed by atoms with Crippen molar-refractivity contribution in [1.29, 1.82) is 0 Å². The first kappa shape index (κ1) is 13.4. The van der Waals surface area contributed by atoms with Gasteiger partial charge in [0.1, 0.15) is 5.82 Å². The van der Waals surface area contributed by atoms with Crippen molar-refractivity contribution in [1.82, 2.24) is 14.8 Å². The number of rotatable bonds is 5. The third-order valence-corrected chi connectivity index (χ3v) is 3.78. The van der Waals surface area contributed by atoms with Crippen molar-refractivity contribution in [3.8, 4) is 0 Å². The first-order valence-corrected chi connectivity index (χ1v) is 7.16. The van der Waals surface area contributed by atoms with Crippen LogP contribution in [0.4, 0.5) is 0 Å². The summed E-state index contributed by atoms with van der Waals surface area (Å²) in [7, 11) is 0. The highest BCUT2D eigenvalue weighted by Crippen LogP contribution is 2.34. The Morgan fingerprint density at radius 1 is 1.44 bits per heavy atom. The number of hydrogen-bond acceptors (Lipinski definition) is 4. The van der Waals surface area contributed by atoms with E-state index >= 15 is 0 Å². The van der Waals surface area contributed by atoms with Crippen LogP contribution in [0.15, 0.2) is 5.16 Å². The number of hydrogen-bond donors (Lipinski definition) is 1. The average molecular weight is 269 g/mol. The molecule has 0 aliphatic heterocycles. The highest BCUT2D eigenvalue weighted by atomic mass is 32.2. The Labute approximate surface area is 111 Å². The number of nitrogens with zero attached hydrogens (tertiary/aromatic N) is 3. The second kappa shape index (κ2) is 4.91. The predicted octanol–water partition coefficient (Wildman–Crippen LogP) is 2.16. The molecular formula is C12H19N3O2S. The van der Waals surface area contributed by atoms with Crippen LogP contribution in [-0.4, -0.2) is 31.6 Å². The van der Waals surface area contributed by atoms with Gasteiger partial charge in [-0.25, -0.2) is 0 Å². The predicted molar refractivity (Wildman–Crippen MR) is 69.8 cm³/mol. The van der Waals surface area contributed by atoms with Crippen LogP contribution in [0.25, 0.3) is 0 Å². The zero-order chi connectivity index (χ0) is 13.3. The molecule has 1 heterocycles. The molecule has 1 N–H and O–H groups in total. The monoisotopic (exact) mass is 269 g/mol. The molecular weight excluding hydrogens is 250 g/mol. The van der Waals surface area contributed by atoms with E-state index in [4.69, 9.17) is 5.11 Å². The maximum absolute atomic E-state index is 10.6. The SMILES string of the molecule is CC(C)(C)n1c(CC2CC2)nnc1SCC(=O)O. The molecule has 1 saturated carbocycles. The minimum absolute atomic E-state index is 0.0254. The van der Waals surface area contributed by atoms with Crippen molar-refractivity contribution >= 4 is 17.7 Å². The van der Waals surface area contributed by atoms with Gasteiger partial charge in [-0.05, 0) is 39.5 Å². The number of aromatic nitrogens is 3. The van der Waals surface area contributed by atoms with Crippen molar-refractivity contribution in [2.75, 3.05) is 5.75 Å². The lowest BCUT2D eigenvalue weighted by molar-refractivity contribution is -0.133. The molecule has 1 aliphatic rings. The summed E-state index contributed by atoms with van der Waals surface area (Å²) in [6.45, 7) is 6.28. The Balaban J connectivity index is 2.22. The molecule has 0 spiro atoms. The molecule has 0 aromatic carbocycles. The Morgan fingerprint density at radius 3 is 2.61 bits per heavy atom. The van der Waals surface area contributed by atoms with E-state index in [1.807, 2.05) is 0 Å². The van der Waals surface area contributed by atoms with Gasteiger partial charge in [0, 0.05) is 12.0 Å². The van der Waals surface area contributed by atoms with Gasteiger partial charge < -0.3 is 9.67 Å². The molecule has 5 nitrogen and oxygen atoms in total. The van der Waals surface area contributed by atoms with Crippen LogP contribution in [-0.2, 0) is 16.8 Å². The molecule has 0 bridgehead atoms. The quantitative estimate of drug-likeness (QED) is 0.830. The Kier molecular flexibility index (Phi) is 3.66. The minimum Gasteiger partial charge on any atom is -0.481 e. The van der Waals surface area contributed by atoms with Gasteiger partial charge in [-0.2, -0.15) is 0 Å². The zero-order valence-corrected chi connectivity index (χ0v) is 11.8. The van der Waals surface area contributed by atoms with Gasteiger partial charge in [-0.3, -0.25) is 4.79 Å². The van der Waals surface area contributed by atoms with Crippen LogP contribution in [0, 0.1) is 5.92 Å². The van der Waals surface area contributed by atoms with E-state index < -0.39 is 5.97 Å². The third-order valence-electron chi connectivity index (χ3n) is 2.86. The summed E-state index contributed by atoms with van der Waals surface area (Å²) in [5, 5.41) is 17.8. The van der Waals surface area contributed by atoms with Crippen molar-refractivity contribution in [2.24, 2.45) is 5.92 Å². The summed E-state index contributed by atoms with van der Waals surface area (Å²) in [5.41, 5.74) is -0.117. The van der Waals surface area contributed by atoms with E-state index in [2.05, 4.69) is 35.5 Å². The molecule has 1 aromatic heterocycles. The van der Waals surface area contributed by atoms with E-state index in [1.165, 1.54) is 24.6 Å².